The van der Waals surface area contributed by atoms with E-state index in [2.05, 4.69) is 5.32 Å². The molecule has 0 saturated heterocycles. The van der Waals surface area contributed by atoms with E-state index < -0.39 is 4.92 Å². The summed E-state index contributed by atoms with van der Waals surface area (Å²) in [7, 11) is 1.49. The van der Waals surface area contributed by atoms with Crippen molar-refractivity contribution < 1.29 is 14.5 Å². The van der Waals surface area contributed by atoms with Gasteiger partial charge in [0.25, 0.3) is 11.6 Å². The Morgan fingerprint density at radius 1 is 1.15 bits per heavy atom. The number of amides is 1. The molecule has 1 N–H and O–H groups in total. The third kappa shape index (κ3) is 3.32. The fourth-order valence-corrected chi connectivity index (χ4v) is 2.93. The molecular weight excluding hydrogens is 356 g/mol. The minimum atomic E-state index is -0.562. The van der Waals surface area contributed by atoms with Gasteiger partial charge >= 0.3 is 0 Å². The largest absolute Gasteiger partial charge is 0.496 e. The highest BCUT2D eigenvalue weighted by atomic mass is 35.5. The summed E-state index contributed by atoms with van der Waals surface area (Å²) in [5.41, 5.74) is 1.10. The number of hydrogen-bond donors (Lipinski definition) is 1. The number of carbonyl (C=O) groups excluding carboxylic acids is 1. The van der Waals surface area contributed by atoms with Crippen LogP contribution in [0.15, 0.2) is 48.5 Å². The highest BCUT2D eigenvalue weighted by Gasteiger charge is 2.18. The number of nitro benzene ring substituents is 1. The van der Waals surface area contributed by atoms with Crippen LogP contribution in [0, 0.1) is 17.0 Å². The van der Waals surface area contributed by atoms with Gasteiger partial charge in [-0.2, -0.15) is 0 Å². The molecule has 0 radical (unpaired) electrons. The summed E-state index contributed by atoms with van der Waals surface area (Å²) >= 11 is 5.94. The second-order valence-corrected chi connectivity index (χ2v) is 6.14. The molecule has 3 rings (SSSR count). The monoisotopic (exact) mass is 370 g/mol. The van der Waals surface area contributed by atoms with Crippen molar-refractivity contribution in [3.63, 3.8) is 0 Å². The number of benzene rings is 3. The van der Waals surface area contributed by atoms with Crippen molar-refractivity contribution in [2.24, 2.45) is 0 Å². The molecule has 0 spiro atoms. The Balaban J connectivity index is 1.99. The van der Waals surface area contributed by atoms with Gasteiger partial charge in [-0.25, -0.2) is 0 Å². The summed E-state index contributed by atoms with van der Waals surface area (Å²) in [4.78, 5) is 23.1. The normalized spacial score (nSPS) is 10.6. The number of rotatable bonds is 4. The minimum Gasteiger partial charge on any atom is -0.496 e. The number of hydrogen-bond acceptors (Lipinski definition) is 4. The van der Waals surface area contributed by atoms with Crippen LogP contribution in [0.4, 0.5) is 11.4 Å². The van der Waals surface area contributed by atoms with Crippen LogP contribution in [0.1, 0.15) is 15.9 Å². The topological polar surface area (TPSA) is 81.5 Å². The number of nitro groups is 1. The van der Waals surface area contributed by atoms with Gasteiger partial charge in [-0.1, -0.05) is 35.9 Å². The van der Waals surface area contributed by atoms with Crippen LogP contribution in [-0.4, -0.2) is 17.9 Å². The predicted molar refractivity (Wildman–Crippen MR) is 101 cm³/mol. The van der Waals surface area contributed by atoms with Gasteiger partial charge in [-0.15, -0.1) is 0 Å². The summed E-state index contributed by atoms with van der Waals surface area (Å²) in [6.45, 7) is 1.66. The highest BCUT2D eigenvalue weighted by Crippen LogP contribution is 2.32. The highest BCUT2D eigenvalue weighted by molar-refractivity contribution is 6.33. The third-order valence-electron chi connectivity index (χ3n) is 4.05. The number of aryl methyl sites for hydroxylation is 1. The molecule has 0 bridgehead atoms. The lowest BCUT2D eigenvalue weighted by Crippen LogP contribution is -2.14. The summed E-state index contributed by atoms with van der Waals surface area (Å²) < 4.78 is 5.34. The molecule has 3 aromatic carbocycles. The SMILES string of the molecule is COc1cc2ccccc2cc1C(=O)Nc1cc(Cl)c([N+](=O)[O-])cc1C. The number of nitrogens with one attached hydrogen (secondary N) is 1. The first-order valence-corrected chi connectivity index (χ1v) is 8.11. The van der Waals surface area contributed by atoms with Crippen molar-refractivity contribution in [3.8, 4) is 5.75 Å². The number of nitrogens with zero attached hydrogens (tertiary/aromatic N) is 1. The van der Waals surface area contributed by atoms with Crippen molar-refractivity contribution in [3.05, 3.63) is 74.8 Å². The third-order valence-corrected chi connectivity index (χ3v) is 4.35. The number of fused-ring (bicyclic) bond motifs is 1. The molecule has 0 fully saturated rings. The molecule has 0 unspecified atom stereocenters. The van der Waals surface area contributed by atoms with Crippen LogP contribution in [-0.2, 0) is 0 Å². The molecule has 0 aromatic heterocycles. The number of halogens is 1. The molecule has 7 heteroatoms. The molecular formula is C19H15ClN2O4. The van der Waals surface area contributed by atoms with Crippen LogP contribution in [0.5, 0.6) is 5.75 Å². The first-order valence-electron chi connectivity index (χ1n) is 7.73. The molecule has 1 amide bonds. The second-order valence-electron chi connectivity index (χ2n) is 5.73. The Bertz CT molecular complexity index is 1030. The van der Waals surface area contributed by atoms with E-state index in [0.717, 1.165) is 10.8 Å². The Kier molecular flexibility index (Phi) is 4.77. The summed E-state index contributed by atoms with van der Waals surface area (Å²) in [5, 5.41) is 15.5. The average molecular weight is 371 g/mol. The van der Waals surface area contributed by atoms with Crippen LogP contribution in [0.3, 0.4) is 0 Å². The van der Waals surface area contributed by atoms with Gasteiger partial charge in [0.15, 0.2) is 0 Å². The lowest BCUT2D eigenvalue weighted by atomic mass is 10.0. The molecule has 3 aromatic rings. The van der Waals surface area contributed by atoms with E-state index in [-0.39, 0.29) is 16.6 Å². The fourth-order valence-electron chi connectivity index (χ4n) is 2.70. The maximum Gasteiger partial charge on any atom is 0.288 e. The predicted octanol–water partition coefficient (Wildman–Crippen LogP) is 4.97. The van der Waals surface area contributed by atoms with E-state index in [1.165, 1.54) is 19.2 Å². The lowest BCUT2D eigenvalue weighted by Gasteiger charge is -2.13. The van der Waals surface area contributed by atoms with Crippen molar-refractivity contribution in [2.75, 3.05) is 12.4 Å². The molecule has 0 aliphatic rings. The standard InChI is InChI=1S/C19H15ClN2O4/c1-11-7-17(22(24)25)15(20)10-16(11)21-19(23)14-8-12-5-3-4-6-13(12)9-18(14)26-2/h3-10H,1-2H3,(H,21,23). The Labute approximate surface area is 154 Å². The number of ether oxygens (including phenoxy) is 1. The first kappa shape index (κ1) is 17.7. The average Bonchev–Trinajstić information content (AvgIpc) is 2.62. The molecule has 0 saturated carbocycles. The van der Waals surface area contributed by atoms with Crippen LogP contribution >= 0.6 is 11.6 Å². The van der Waals surface area contributed by atoms with E-state index >= 15 is 0 Å². The van der Waals surface area contributed by atoms with Gasteiger partial charge in [0.2, 0.25) is 0 Å². The Morgan fingerprint density at radius 2 is 1.81 bits per heavy atom. The van der Waals surface area contributed by atoms with Gasteiger partial charge in [-0.05, 0) is 41.5 Å². The molecule has 0 aliphatic heterocycles. The molecule has 0 heterocycles. The quantitative estimate of drug-likeness (QED) is 0.519. The molecule has 0 aliphatic carbocycles. The van der Waals surface area contributed by atoms with E-state index in [1.54, 1.807) is 19.1 Å². The first-order chi connectivity index (χ1) is 12.4. The summed E-state index contributed by atoms with van der Waals surface area (Å²) in [6, 6.07) is 13.9. The number of methoxy groups -OCH3 is 1. The summed E-state index contributed by atoms with van der Waals surface area (Å²) in [5.74, 6) is 0.0486. The zero-order chi connectivity index (χ0) is 18.8. The van der Waals surface area contributed by atoms with Crippen molar-refractivity contribution in [1.29, 1.82) is 0 Å². The molecule has 26 heavy (non-hydrogen) atoms. The lowest BCUT2D eigenvalue weighted by molar-refractivity contribution is -0.384. The maximum absolute atomic E-state index is 12.8. The van der Waals surface area contributed by atoms with Gasteiger partial charge in [-0.3, -0.25) is 14.9 Å². The van der Waals surface area contributed by atoms with E-state index in [9.17, 15) is 14.9 Å². The maximum atomic E-state index is 12.8. The molecule has 6 nitrogen and oxygen atoms in total. The van der Waals surface area contributed by atoms with Gasteiger partial charge in [0.05, 0.1) is 17.6 Å². The Morgan fingerprint density at radius 3 is 2.42 bits per heavy atom. The van der Waals surface area contributed by atoms with Crippen molar-refractivity contribution in [2.45, 2.75) is 6.92 Å². The minimum absolute atomic E-state index is 0.0404. The number of carbonyl (C=O) groups is 1. The van der Waals surface area contributed by atoms with Crippen LogP contribution in [0.2, 0.25) is 5.02 Å². The van der Waals surface area contributed by atoms with Gasteiger partial charge in [0, 0.05) is 11.8 Å². The smallest absolute Gasteiger partial charge is 0.288 e. The zero-order valence-corrected chi connectivity index (χ0v) is 14.8. The van der Waals surface area contributed by atoms with Crippen molar-refractivity contribution >= 4 is 39.7 Å². The molecule has 0 atom stereocenters. The number of anilines is 1. The Hall–Kier alpha value is -3.12. The fraction of sp³-hybridized carbons (Fsp3) is 0.105. The van der Waals surface area contributed by atoms with E-state index in [4.69, 9.17) is 16.3 Å². The van der Waals surface area contributed by atoms with Crippen molar-refractivity contribution in [1.82, 2.24) is 0 Å². The van der Waals surface area contributed by atoms with Crippen LogP contribution < -0.4 is 10.1 Å². The van der Waals surface area contributed by atoms with E-state index in [1.807, 2.05) is 24.3 Å². The van der Waals surface area contributed by atoms with Gasteiger partial charge < -0.3 is 10.1 Å². The second kappa shape index (κ2) is 7.01. The van der Waals surface area contributed by atoms with Gasteiger partial charge in [0.1, 0.15) is 10.8 Å². The zero-order valence-electron chi connectivity index (χ0n) is 14.1. The van der Waals surface area contributed by atoms with Crippen LogP contribution in [0.25, 0.3) is 10.8 Å². The summed E-state index contributed by atoms with van der Waals surface area (Å²) in [6.07, 6.45) is 0. The molecule has 132 valence electrons. The van der Waals surface area contributed by atoms with E-state index in [0.29, 0.717) is 22.6 Å².